The summed E-state index contributed by atoms with van der Waals surface area (Å²) in [7, 11) is 1.65. The zero-order valence-electron chi connectivity index (χ0n) is 20.9. The Morgan fingerprint density at radius 3 is 2.50 bits per heavy atom. The first-order chi connectivity index (χ1) is 16.4. The number of methoxy groups -OCH3 is 1. The highest BCUT2D eigenvalue weighted by Gasteiger charge is 2.12. The van der Waals surface area contributed by atoms with Crippen molar-refractivity contribution < 1.29 is 14.3 Å². The Hall–Kier alpha value is -3.53. The van der Waals surface area contributed by atoms with Gasteiger partial charge in [0, 0.05) is 17.7 Å². The van der Waals surface area contributed by atoms with Crippen LogP contribution in [0.5, 0.6) is 11.5 Å². The monoisotopic (exact) mass is 457 g/mol. The van der Waals surface area contributed by atoms with E-state index in [0.717, 1.165) is 46.6 Å². The summed E-state index contributed by atoms with van der Waals surface area (Å²) in [6.07, 6.45) is 4.20. The number of rotatable bonds is 10. The molecule has 0 atom stereocenters. The summed E-state index contributed by atoms with van der Waals surface area (Å²) >= 11 is 0. The van der Waals surface area contributed by atoms with Gasteiger partial charge in [-0.1, -0.05) is 49.8 Å². The summed E-state index contributed by atoms with van der Waals surface area (Å²) in [5.74, 6) is 1.42. The predicted molar refractivity (Wildman–Crippen MR) is 141 cm³/mol. The van der Waals surface area contributed by atoms with E-state index in [2.05, 4.69) is 68.6 Å². The number of hydrogen-bond donors (Lipinski definition) is 1. The van der Waals surface area contributed by atoms with Crippen LogP contribution in [0.15, 0.2) is 66.2 Å². The first-order valence-corrected chi connectivity index (χ1v) is 11.9. The van der Waals surface area contributed by atoms with Crippen molar-refractivity contribution >= 4 is 12.0 Å². The van der Waals surface area contributed by atoms with E-state index in [9.17, 15) is 4.79 Å². The molecule has 34 heavy (non-hydrogen) atoms. The number of aryl methyl sites for hydroxylation is 1. The third-order valence-electron chi connectivity index (χ3n) is 5.83. The summed E-state index contributed by atoms with van der Waals surface area (Å²) in [5.41, 5.74) is 7.21. The van der Waals surface area contributed by atoms with Crippen LogP contribution in [0.4, 0.5) is 0 Å². The van der Waals surface area contributed by atoms with E-state index >= 15 is 0 Å². The molecule has 3 aromatic carbocycles. The third-order valence-corrected chi connectivity index (χ3v) is 5.83. The van der Waals surface area contributed by atoms with E-state index in [-0.39, 0.29) is 5.91 Å². The molecule has 0 heterocycles. The van der Waals surface area contributed by atoms with Crippen molar-refractivity contribution in [2.75, 3.05) is 13.7 Å². The molecule has 1 amide bonds. The van der Waals surface area contributed by atoms with Gasteiger partial charge in [0.2, 0.25) is 0 Å². The van der Waals surface area contributed by atoms with Crippen LogP contribution in [-0.2, 0) is 6.54 Å². The SMILES string of the molecule is CCCOc1ccc(C(=O)NCc2cc(-c3cccc(/C=C(/C)CC)c3)ccc2OC)c(C)c1. The predicted octanol–water partition coefficient (Wildman–Crippen LogP) is 7.20. The highest BCUT2D eigenvalue weighted by molar-refractivity contribution is 5.95. The molecule has 0 aliphatic heterocycles. The lowest BCUT2D eigenvalue weighted by Gasteiger charge is -2.14. The van der Waals surface area contributed by atoms with Crippen LogP contribution in [0.3, 0.4) is 0 Å². The highest BCUT2D eigenvalue weighted by atomic mass is 16.5. The first kappa shape index (κ1) is 25.1. The van der Waals surface area contributed by atoms with Crippen molar-refractivity contribution in [3.63, 3.8) is 0 Å². The molecule has 0 spiro atoms. The Kier molecular flexibility index (Phi) is 8.92. The maximum absolute atomic E-state index is 12.9. The molecule has 0 saturated carbocycles. The second-order valence-electron chi connectivity index (χ2n) is 8.50. The zero-order chi connectivity index (χ0) is 24.5. The van der Waals surface area contributed by atoms with Crippen molar-refractivity contribution in [1.29, 1.82) is 0 Å². The molecule has 178 valence electrons. The summed E-state index contributed by atoms with van der Waals surface area (Å²) in [6.45, 7) is 9.34. The molecular formula is C30H35NO3. The number of carbonyl (C=O) groups is 1. The maximum atomic E-state index is 12.9. The first-order valence-electron chi connectivity index (χ1n) is 11.9. The van der Waals surface area contributed by atoms with Gasteiger partial charge < -0.3 is 14.8 Å². The summed E-state index contributed by atoms with van der Waals surface area (Å²) in [5, 5.41) is 3.05. The molecule has 0 aliphatic carbocycles. The molecular weight excluding hydrogens is 422 g/mol. The number of amides is 1. The van der Waals surface area contributed by atoms with Gasteiger partial charge in [0.15, 0.2) is 0 Å². The third kappa shape index (κ3) is 6.50. The minimum absolute atomic E-state index is 0.117. The van der Waals surface area contributed by atoms with Gasteiger partial charge in [-0.25, -0.2) is 0 Å². The van der Waals surface area contributed by atoms with Gasteiger partial charge in [-0.05, 0) is 85.3 Å². The van der Waals surface area contributed by atoms with Crippen LogP contribution in [0.25, 0.3) is 17.2 Å². The standard InChI is InChI=1S/C30H35NO3/c1-6-15-34-27-12-13-28(22(4)17-27)30(32)31-20-26-19-25(11-14-29(26)33-5)24-10-8-9-23(18-24)16-21(3)7-2/h8-14,16-19H,6-7,15,20H2,1-5H3,(H,31,32)/b21-16-. The lowest BCUT2D eigenvalue weighted by atomic mass is 9.99. The van der Waals surface area contributed by atoms with Gasteiger partial charge in [0.05, 0.1) is 13.7 Å². The quantitative estimate of drug-likeness (QED) is 0.350. The average molecular weight is 458 g/mol. The normalized spacial score (nSPS) is 11.3. The lowest BCUT2D eigenvalue weighted by molar-refractivity contribution is 0.0950. The molecule has 0 bridgehead atoms. The van der Waals surface area contributed by atoms with Crippen LogP contribution in [-0.4, -0.2) is 19.6 Å². The van der Waals surface area contributed by atoms with Crippen LogP contribution >= 0.6 is 0 Å². The van der Waals surface area contributed by atoms with Gasteiger partial charge in [0.25, 0.3) is 5.91 Å². The summed E-state index contributed by atoms with van der Waals surface area (Å²) in [4.78, 5) is 12.9. The highest BCUT2D eigenvalue weighted by Crippen LogP contribution is 2.28. The fraction of sp³-hybridized carbons (Fsp3) is 0.300. The van der Waals surface area contributed by atoms with Crippen molar-refractivity contribution in [2.24, 2.45) is 0 Å². The molecule has 1 N–H and O–H groups in total. The Balaban J connectivity index is 1.78. The Morgan fingerprint density at radius 1 is 1.00 bits per heavy atom. The van der Waals surface area contributed by atoms with Crippen LogP contribution in [0, 0.1) is 6.92 Å². The van der Waals surface area contributed by atoms with E-state index in [1.54, 1.807) is 7.11 Å². The fourth-order valence-corrected chi connectivity index (χ4v) is 3.76. The fourth-order valence-electron chi connectivity index (χ4n) is 3.76. The number of benzene rings is 3. The van der Waals surface area contributed by atoms with E-state index in [1.807, 2.05) is 31.2 Å². The van der Waals surface area contributed by atoms with E-state index in [4.69, 9.17) is 9.47 Å². The molecule has 0 aromatic heterocycles. The molecule has 4 nitrogen and oxygen atoms in total. The number of nitrogens with one attached hydrogen (secondary N) is 1. The molecule has 0 fully saturated rings. The number of carbonyl (C=O) groups excluding carboxylic acids is 1. The number of allylic oxidation sites excluding steroid dienone is 1. The van der Waals surface area contributed by atoms with Crippen molar-refractivity contribution in [2.45, 2.75) is 47.1 Å². The minimum Gasteiger partial charge on any atom is -0.496 e. The van der Waals surface area contributed by atoms with Crippen molar-refractivity contribution in [1.82, 2.24) is 5.32 Å². The largest absolute Gasteiger partial charge is 0.496 e. The van der Waals surface area contributed by atoms with Gasteiger partial charge in [0.1, 0.15) is 11.5 Å². The second-order valence-corrected chi connectivity index (χ2v) is 8.50. The van der Waals surface area contributed by atoms with Gasteiger partial charge in [-0.2, -0.15) is 0 Å². The Morgan fingerprint density at radius 2 is 1.79 bits per heavy atom. The van der Waals surface area contributed by atoms with Gasteiger partial charge >= 0.3 is 0 Å². The Labute approximate surface area is 203 Å². The van der Waals surface area contributed by atoms with E-state index < -0.39 is 0 Å². The van der Waals surface area contributed by atoms with Crippen molar-refractivity contribution in [3.8, 4) is 22.6 Å². The molecule has 3 rings (SSSR count). The molecule has 3 aromatic rings. The van der Waals surface area contributed by atoms with Gasteiger partial charge in [-0.3, -0.25) is 4.79 Å². The lowest BCUT2D eigenvalue weighted by Crippen LogP contribution is -2.24. The Bertz CT molecular complexity index is 1160. The molecule has 0 saturated heterocycles. The van der Waals surface area contributed by atoms with Crippen LogP contribution in [0.1, 0.15) is 60.7 Å². The molecule has 0 aliphatic rings. The second kappa shape index (κ2) is 12.1. The molecule has 0 unspecified atom stereocenters. The topological polar surface area (TPSA) is 47.6 Å². The summed E-state index contributed by atoms with van der Waals surface area (Å²) in [6, 6.07) is 20.2. The van der Waals surface area contributed by atoms with E-state index in [0.29, 0.717) is 18.7 Å². The van der Waals surface area contributed by atoms with Crippen molar-refractivity contribution in [3.05, 3.63) is 88.5 Å². The summed E-state index contributed by atoms with van der Waals surface area (Å²) < 4.78 is 11.2. The van der Waals surface area contributed by atoms with Crippen LogP contribution < -0.4 is 14.8 Å². The molecule has 0 radical (unpaired) electrons. The average Bonchev–Trinajstić information content (AvgIpc) is 2.85. The van der Waals surface area contributed by atoms with Gasteiger partial charge in [-0.15, -0.1) is 0 Å². The smallest absolute Gasteiger partial charge is 0.251 e. The number of ether oxygens (including phenoxy) is 2. The van der Waals surface area contributed by atoms with E-state index in [1.165, 1.54) is 11.1 Å². The minimum atomic E-state index is -0.117. The molecule has 4 heteroatoms. The zero-order valence-corrected chi connectivity index (χ0v) is 20.9. The maximum Gasteiger partial charge on any atom is 0.251 e. The van der Waals surface area contributed by atoms with Crippen LogP contribution in [0.2, 0.25) is 0 Å². The number of hydrogen-bond acceptors (Lipinski definition) is 3.